The molecule has 8 heteroatoms. The minimum Gasteiger partial charge on any atom is -0.392 e. The number of carbonyl (C=O) groups is 1. The highest BCUT2D eigenvalue weighted by Gasteiger charge is 2.34. The van der Waals surface area contributed by atoms with Crippen molar-refractivity contribution in [2.75, 3.05) is 13.1 Å². The predicted octanol–water partition coefficient (Wildman–Crippen LogP) is 2.94. The Bertz CT molecular complexity index is 634. The van der Waals surface area contributed by atoms with Gasteiger partial charge in [0.05, 0.1) is 18.2 Å². The lowest BCUT2D eigenvalue weighted by Gasteiger charge is -2.39. The number of likely N-dealkylation sites (tertiary alicyclic amines) is 1. The van der Waals surface area contributed by atoms with Gasteiger partial charge in [-0.2, -0.15) is 13.2 Å². The summed E-state index contributed by atoms with van der Waals surface area (Å²) in [6, 6.07) is 2.24. The fourth-order valence-electron chi connectivity index (χ4n) is 3.33. The van der Waals surface area contributed by atoms with Crippen molar-refractivity contribution in [1.82, 2.24) is 10.2 Å². The summed E-state index contributed by atoms with van der Waals surface area (Å²) in [6.45, 7) is 4.07. The molecule has 1 fully saturated rings. The maximum Gasteiger partial charge on any atom is 0.416 e. The standard InChI is InChI=1S/C18H24F4N2O2/c1-11-5-6-24(16(7-11)12(2)25)10-17(26)23-9-13-3-4-14(19)8-15(13)18(20,21)22/h3-4,8,11-12,16,25H,5-7,9-10H2,1-2H3,(H,23,26). The molecule has 0 saturated carbocycles. The summed E-state index contributed by atoms with van der Waals surface area (Å²) in [6.07, 6.45) is -3.63. The lowest BCUT2D eigenvalue weighted by atomic mass is 9.90. The molecule has 26 heavy (non-hydrogen) atoms. The van der Waals surface area contributed by atoms with E-state index in [1.807, 2.05) is 4.90 Å². The molecular weight excluding hydrogens is 352 g/mol. The number of amides is 1. The van der Waals surface area contributed by atoms with Crippen molar-refractivity contribution in [3.05, 3.63) is 35.1 Å². The molecule has 0 aromatic heterocycles. The molecule has 4 nitrogen and oxygen atoms in total. The van der Waals surface area contributed by atoms with E-state index in [2.05, 4.69) is 12.2 Å². The van der Waals surface area contributed by atoms with Gasteiger partial charge in [0, 0.05) is 12.6 Å². The van der Waals surface area contributed by atoms with Crippen LogP contribution in [0.3, 0.4) is 0 Å². The number of halogens is 4. The van der Waals surface area contributed by atoms with Crippen molar-refractivity contribution in [1.29, 1.82) is 0 Å². The summed E-state index contributed by atoms with van der Waals surface area (Å²) >= 11 is 0. The van der Waals surface area contributed by atoms with E-state index in [9.17, 15) is 27.5 Å². The monoisotopic (exact) mass is 376 g/mol. The molecule has 1 aliphatic heterocycles. The molecule has 0 spiro atoms. The van der Waals surface area contributed by atoms with Gasteiger partial charge < -0.3 is 10.4 Å². The minimum absolute atomic E-state index is 0.00479. The van der Waals surface area contributed by atoms with Crippen LogP contribution in [-0.4, -0.2) is 41.1 Å². The summed E-state index contributed by atoms with van der Waals surface area (Å²) in [4.78, 5) is 14.0. The number of hydrogen-bond acceptors (Lipinski definition) is 3. The molecule has 1 aromatic carbocycles. The zero-order valence-corrected chi connectivity index (χ0v) is 14.8. The SMILES string of the molecule is CC1CCN(CC(=O)NCc2ccc(F)cc2C(F)(F)F)C(C(C)O)C1. The second-order valence-electron chi connectivity index (χ2n) is 6.98. The van der Waals surface area contributed by atoms with Crippen LogP contribution in [0.25, 0.3) is 0 Å². The van der Waals surface area contributed by atoms with E-state index < -0.39 is 29.6 Å². The zero-order chi connectivity index (χ0) is 19.5. The Morgan fingerprint density at radius 2 is 2.12 bits per heavy atom. The van der Waals surface area contributed by atoms with E-state index in [0.29, 0.717) is 18.5 Å². The Labute approximate surface area is 150 Å². The number of benzene rings is 1. The molecule has 0 bridgehead atoms. The summed E-state index contributed by atoms with van der Waals surface area (Å²) < 4.78 is 52.1. The van der Waals surface area contributed by atoms with E-state index in [-0.39, 0.29) is 24.7 Å². The fraction of sp³-hybridized carbons (Fsp3) is 0.611. The lowest BCUT2D eigenvalue weighted by Crippen LogP contribution is -2.51. The number of aliphatic hydroxyl groups excluding tert-OH is 1. The van der Waals surface area contributed by atoms with Crippen LogP contribution in [0.15, 0.2) is 18.2 Å². The molecule has 3 unspecified atom stereocenters. The van der Waals surface area contributed by atoms with Crippen molar-refractivity contribution in [2.24, 2.45) is 5.92 Å². The maximum atomic E-state index is 13.1. The van der Waals surface area contributed by atoms with Crippen LogP contribution in [0.5, 0.6) is 0 Å². The van der Waals surface area contributed by atoms with Gasteiger partial charge in [0.15, 0.2) is 0 Å². The van der Waals surface area contributed by atoms with Gasteiger partial charge in [-0.05, 0) is 49.9 Å². The number of nitrogens with zero attached hydrogens (tertiary/aromatic N) is 1. The topological polar surface area (TPSA) is 52.6 Å². The molecule has 146 valence electrons. The molecule has 1 amide bonds. The number of carbonyl (C=O) groups excluding carboxylic acids is 1. The van der Waals surface area contributed by atoms with Crippen molar-refractivity contribution in [3.8, 4) is 0 Å². The summed E-state index contributed by atoms with van der Waals surface area (Å²) in [7, 11) is 0. The maximum absolute atomic E-state index is 13.1. The number of rotatable bonds is 5. The smallest absolute Gasteiger partial charge is 0.392 e. The van der Waals surface area contributed by atoms with Crippen LogP contribution in [0.2, 0.25) is 0 Å². The molecule has 2 N–H and O–H groups in total. The van der Waals surface area contributed by atoms with Crippen molar-refractivity contribution in [2.45, 2.75) is 51.6 Å². The molecule has 2 rings (SSSR count). The first-order valence-electron chi connectivity index (χ1n) is 8.62. The minimum atomic E-state index is -4.69. The van der Waals surface area contributed by atoms with Gasteiger partial charge in [-0.1, -0.05) is 13.0 Å². The largest absolute Gasteiger partial charge is 0.416 e. The molecule has 1 heterocycles. The van der Waals surface area contributed by atoms with Crippen molar-refractivity contribution >= 4 is 5.91 Å². The first-order valence-corrected chi connectivity index (χ1v) is 8.62. The molecular formula is C18H24F4N2O2. The Morgan fingerprint density at radius 1 is 1.42 bits per heavy atom. The third-order valence-corrected chi connectivity index (χ3v) is 4.78. The number of hydrogen-bond donors (Lipinski definition) is 2. The van der Waals surface area contributed by atoms with Crippen molar-refractivity contribution < 1.29 is 27.5 Å². The van der Waals surface area contributed by atoms with Crippen LogP contribution in [0, 0.1) is 11.7 Å². The molecule has 1 aliphatic rings. The third-order valence-electron chi connectivity index (χ3n) is 4.78. The molecule has 1 aromatic rings. The van der Waals surface area contributed by atoms with E-state index in [4.69, 9.17) is 0 Å². The number of alkyl halides is 3. The average Bonchev–Trinajstić information content (AvgIpc) is 2.54. The summed E-state index contributed by atoms with van der Waals surface area (Å²) in [5.74, 6) is -0.959. The quantitative estimate of drug-likeness (QED) is 0.777. The van der Waals surface area contributed by atoms with Gasteiger partial charge in [0.25, 0.3) is 0 Å². The summed E-state index contributed by atoms with van der Waals surface area (Å²) in [5, 5.41) is 12.4. The predicted molar refractivity (Wildman–Crippen MR) is 88.7 cm³/mol. The van der Waals surface area contributed by atoms with Gasteiger partial charge in [0.1, 0.15) is 5.82 Å². The normalized spacial score (nSPS) is 22.9. The van der Waals surface area contributed by atoms with E-state index in [1.54, 1.807) is 6.92 Å². The van der Waals surface area contributed by atoms with E-state index in [1.165, 1.54) is 0 Å². The highest BCUT2D eigenvalue weighted by Crippen LogP contribution is 2.32. The first-order chi connectivity index (χ1) is 12.1. The fourth-order valence-corrected chi connectivity index (χ4v) is 3.33. The number of aliphatic hydroxyl groups is 1. The van der Waals surface area contributed by atoms with Gasteiger partial charge in [-0.15, -0.1) is 0 Å². The zero-order valence-electron chi connectivity index (χ0n) is 14.8. The Hall–Kier alpha value is -1.67. The highest BCUT2D eigenvalue weighted by molar-refractivity contribution is 5.78. The van der Waals surface area contributed by atoms with E-state index in [0.717, 1.165) is 25.0 Å². The Morgan fingerprint density at radius 3 is 2.73 bits per heavy atom. The van der Waals surface area contributed by atoms with Gasteiger partial charge in [0.2, 0.25) is 5.91 Å². The number of piperidine rings is 1. The van der Waals surface area contributed by atoms with Gasteiger partial charge in [-0.3, -0.25) is 9.69 Å². The Kier molecular flexibility index (Phi) is 6.63. The van der Waals surface area contributed by atoms with Crippen molar-refractivity contribution in [3.63, 3.8) is 0 Å². The highest BCUT2D eigenvalue weighted by atomic mass is 19.4. The molecule has 0 aliphatic carbocycles. The van der Waals surface area contributed by atoms with Gasteiger partial charge in [-0.25, -0.2) is 4.39 Å². The molecule has 0 radical (unpaired) electrons. The summed E-state index contributed by atoms with van der Waals surface area (Å²) in [5.41, 5.74) is -1.28. The van der Waals surface area contributed by atoms with Crippen LogP contribution in [-0.2, 0) is 17.5 Å². The van der Waals surface area contributed by atoms with Crippen LogP contribution in [0.4, 0.5) is 17.6 Å². The first kappa shape index (κ1) is 20.6. The van der Waals surface area contributed by atoms with Crippen LogP contribution >= 0.6 is 0 Å². The number of nitrogens with one attached hydrogen (secondary N) is 1. The van der Waals surface area contributed by atoms with Crippen LogP contribution in [0.1, 0.15) is 37.8 Å². The van der Waals surface area contributed by atoms with Crippen LogP contribution < -0.4 is 5.32 Å². The Balaban J connectivity index is 1.99. The lowest BCUT2D eigenvalue weighted by molar-refractivity contribution is -0.138. The molecule has 1 saturated heterocycles. The second kappa shape index (κ2) is 8.35. The second-order valence-corrected chi connectivity index (χ2v) is 6.98. The van der Waals surface area contributed by atoms with E-state index >= 15 is 0 Å². The average molecular weight is 376 g/mol. The van der Waals surface area contributed by atoms with Gasteiger partial charge >= 0.3 is 6.18 Å². The molecule has 3 atom stereocenters. The third kappa shape index (κ3) is 5.41.